The van der Waals surface area contributed by atoms with Crippen molar-refractivity contribution in [2.75, 3.05) is 34.4 Å². The standard InChI is InChI=1S/C23H25N3O4/c1-25(23(28)18-12-24-19-7-5-4-6-17(18)19)14-22(27)26-9-8-15-10-20(29-2)21(30-3)11-16(15)13-26/h4-7,10-12,24H,8-9,13-14H2,1-3H3. The van der Waals surface area contributed by atoms with Gasteiger partial charge in [0.1, 0.15) is 0 Å². The predicted molar refractivity (Wildman–Crippen MR) is 114 cm³/mol. The summed E-state index contributed by atoms with van der Waals surface area (Å²) in [6.07, 6.45) is 2.44. The number of para-hydroxylation sites is 1. The number of aromatic amines is 1. The van der Waals surface area contributed by atoms with Gasteiger partial charge in [-0.1, -0.05) is 18.2 Å². The molecule has 0 saturated heterocycles. The van der Waals surface area contributed by atoms with Gasteiger partial charge in [0, 0.05) is 37.2 Å². The molecule has 1 aromatic heterocycles. The summed E-state index contributed by atoms with van der Waals surface area (Å²) in [5, 5.41) is 0.856. The number of nitrogens with zero attached hydrogens (tertiary/aromatic N) is 2. The molecule has 0 saturated carbocycles. The van der Waals surface area contributed by atoms with E-state index in [2.05, 4.69) is 4.98 Å². The third kappa shape index (κ3) is 3.58. The van der Waals surface area contributed by atoms with E-state index in [4.69, 9.17) is 9.47 Å². The second-order valence-electron chi connectivity index (χ2n) is 7.45. The molecule has 3 aromatic rings. The molecular formula is C23H25N3O4. The largest absolute Gasteiger partial charge is 0.493 e. The number of carbonyl (C=O) groups is 2. The van der Waals surface area contributed by atoms with Gasteiger partial charge < -0.3 is 24.3 Å². The fraction of sp³-hybridized carbons (Fsp3) is 0.304. The first-order chi connectivity index (χ1) is 14.5. The van der Waals surface area contributed by atoms with Crippen LogP contribution in [0.25, 0.3) is 10.9 Å². The molecule has 2 aromatic carbocycles. The number of ether oxygens (including phenoxy) is 2. The Bertz CT molecular complexity index is 1110. The van der Waals surface area contributed by atoms with Crippen molar-refractivity contribution in [1.29, 1.82) is 0 Å². The zero-order valence-electron chi connectivity index (χ0n) is 17.4. The molecular weight excluding hydrogens is 382 g/mol. The molecule has 0 radical (unpaired) electrons. The molecule has 7 heteroatoms. The average Bonchev–Trinajstić information content (AvgIpc) is 3.21. The van der Waals surface area contributed by atoms with Crippen molar-refractivity contribution in [1.82, 2.24) is 14.8 Å². The summed E-state index contributed by atoms with van der Waals surface area (Å²) in [6, 6.07) is 11.5. The fourth-order valence-electron chi connectivity index (χ4n) is 3.92. The minimum atomic E-state index is -0.176. The Morgan fingerprint density at radius 1 is 1.10 bits per heavy atom. The van der Waals surface area contributed by atoms with Gasteiger partial charge in [-0.15, -0.1) is 0 Å². The van der Waals surface area contributed by atoms with Gasteiger partial charge in [-0.2, -0.15) is 0 Å². The van der Waals surface area contributed by atoms with Gasteiger partial charge >= 0.3 is 0 Å². The van der Waals surface area contributed by atoms with Gasteiger partial charge in [0.15, 0.2) is 11.5 Å². The van der Waals surface area contributed by atoms with Crippen LogP contribution in [0.2, 0.25) is 0 Å². The van der Waals surface area contributed by atoms with E-state index < -0.39 is 0 Å². The highest BCUT2D eigenvalue weighted by Gasteiger charge is 2.25. The lowest BCUT2D eigenvalue weighted by molar-refractivity contribution is -0.132. The molecule has 1 aliphatic rings. The maximum atomic E-state index is 12.9. The molecule has 0 unspecified atom stereocenters. The van der Waals surface area contributed by atoms with E-state index in [0.717, 1.165) is 28.5 Å². The lowest BCUT2D eigenvalue weighted by atomic mass is 9.98. The molecule has 0 fully saturated rings. The van der Waals surface area contributed by atoms with Crippen molar-refractivity contribution in [3.05, 3.63) is 59.3 Å². The molecule has 2 amide bonds. The Morgan fingerprint density at radius 3 is 2.53 bits per heavy atom. The van der Waals surface area contributed by atoms with Crippen LogP contribution >= 0.6 is 0 Å². The second-order valence-corrected chi connectivity index (χ2v) is 7.45. The number of benzene rings is 2. The van der Waals surface area contributed by atoms with Gasteiger partial charge in [-0.05, 0) is 35.7 Å². The summed E-state index contributed by atoms with van der Waals surface area (Å²) in [5.74, 6) is 1.09. The molecule has 4 rings (SSSR count). The first kappa shape index (κ1) is 19.8. The quantitative estimate of drug-likeness (QED) is 0.706. The van der Waals surface area contributed by atoms with E-state index in [-0.39, 0.29) is 18.4 Å². The molecule has 0 atom stereocenters. The van der Waals surface area contributed by atoms with E-state index in [1.807, 2.05) is 36.4 Å². The minimum Gasteiger partial charge on any atom is -0.493 e. The van der Waals surface area contributed by atoms with Crippen molar-refractivity contribution in [3.63, 3.8) is 0 Å². The summed E-state index contributed by atoms with van der Waals surface area (Å²) in [6.45, 7) is 1.13. The van der Waals surface area contributed by atoms with E-state index in [9.17, 15) is 9.59 Å². The Balaban J connectivity index is 1.46. The molecule has 1 N–H and O–H groups in total. The lowest BCUT2D eigenvalue weighted by Crippen LogP contribution is -2.43. The van der Waals surface area contributed by atoms with Crippen LogP contribution in [-0.4, -0.2) is 61.0 Å². The van der Waals surface area contributed by atoms with Crippen molar-refractivity contribution in [2.24, 2.45) is 0 Å². The number of likely N-dealkylation sites (N-methyl/N-ethyl adjacent to an activating group) is 1. The number of H-pyrrole nitrogens is 1. The number of amides is 2. The van der Waals surface area contributed by atoms with E-state index in [0.29, 0.717) is 30.2 Å². The number of rotatable bonds is 5. The lowest BCUT2D eigenvalue weighted by Gasteiger charge is -2.31. The van der Waals surface area contributed by atoms with Crippen LogP contribution < -0.4 is 9.47 Å². The Labute approximate surface area is 175 Å². The van der Waals surface area contributed by atoms with Gasteiger partial charge in [0.25, 0.3) is 5.91 Å². The van der Waals surface area contributed by atoms with Gasteiger partial charge in [-0.3, -0.25) is 9.59 Å². The normalized spacial score (nSPS) is 13.1. The number of aromatic nitrogens is 1. The van der Waals surface area contributed by atoms with Crippen LogP contribution in [0.15, 0.2) is 42.6 Å². The first-order valence-electron chi connectivity index (χ1n) is 9.85. The Kier molecular flexibility index (Phi) is 5.35. The van der Waals surface area contributed by atoms with Crippen LogP contribution in [0, 0.1) is 0 Å². The minimum absolute atomic E-state index is 0.0287. The van der Waals surface area contributed by atoms with Crippen LogP contribution in [-0.2, 0) is 17.8 Å². The van der Waals surface area contributed by atoms with E-state index >= 15 is 0 Å². The highest BCUT2D eigenvalue weighted by Crippen LogP contribution is 2.33. The molecule has 0 bridgehead atoms. The number of hydrogen-bond donors (Lipinski definition) is 1. The number of fused-ring (bicyclic) bond motifs is 2. The van der Waals surface area contributed by atoms with E-state index in [1.165, 1.54) is 4.90 Å². The Hall–Kier alpha value is -3.48. The van der Waals surface area contributed by atoms with Crippen LogP contribution in [0.5, 0.6) is 11.5 Å². The number of hydrogen-bond acceptors (Lipinski definition) is 4. The zero-order chi connectivity index (χ0) is 21.3. The van der Waals surface area contributed by atoms with E-state index in [1.54, 1.807) is 32.4 Å². The first-order valence-corrected chi connectivity index (χ1v) is 9.85. The summed E-state index contributed by atoms with van der Waals surface area (Å²) in [5.41, 5.74) is 3.66. The third-order valence-corrected chi connectivity index (χ3v) is 5.61. The van der Waals surface area contributed by atoms with Crippen molar-refractivity contribution < 1.29 is 19.1 Å². The van der Waals surface area contributed by atoms with Gasteiger partial charge in [0.05, 0.1) is 26.3 Å². The smallest absolute Gasteiger partial charge is 0.256 e. The van der Waals surface area contributed by atoms with Gasteiger partial charge in [0.2, 0.25) is 5.91 Å². The van der Waals surface area contributed by atoms with Crippen molar-refractivity contribution in [2.45, 2.75) is 13.0 Å². The monoisotopic (exact) mass is 407 g/mol. The highest BCUT2D eigenvalue weighted by molar-refractivity contribution is 6.07. The summed E-state index contributed by atoms with van der Waals surface area (Å²) < 4.78 is 10.8. The molecule has 0 spiro atoms. The van der Waals surface area contributed by atoms with Crippen molar-refractivity contribution >= 4 is 22.7 Å². The molecule has 0 aliphatic carbocycles. The Morgan fingerprint density at radius 2 is 1.80 bits per heavy atom. The van der Waals surface area contributed by atoms with Crippen molar-refractivity contribution in [3.8, 4) is 11.5 Å². The topological polar surface area (TPSA) is 74.9 Å². The maximum Gasteiger partial charge on any atom is 0.256 e. The van der Waals surface area contributed by atoms with Crippen LogP contribution in [0.3, 0.4) is 0 Å². The SMILES string of the molecule is COc1cc2c(cc1OC)CN(C(=O)CN(C)C(=O)c1c[nH]c3ccccc13)CC2. The fourth-order valence-corrected chi connectivity index (χ4v) is 3.92. The van der Waals surface area contributed by atoms with Crippen LogP contribution in [0.4, 0.5) is 0 Å². The molecule has 2 heterocycles. The number of methoxy groups -OCH3 is 2. The number of carbonyl (C=O) groups excluding carboxylic acids is 2. The number of nitrogens with one attached hydrogen (secondary N) is 1. The maximum absolute atomic E-state index is 12.9. The third-order valence-electron chi connectivity index (χ3n) is 5.61. The summed E-state index contributed by atoms with van der Waals surface area (Å²) in [7, 11) is 4.87. The zero-order valence-corrected chi connectivity index (χ0v) is 17.4. The molecule has 7 nitrogen and oxygen atoms in total. The van der Waals surface area contributed by atoms with Crippen LogP contribution in [0.1, 0.15) is 21.5 Å². The summed E-state index contributed by atoms with van der Waals surface area (Å²) >= 11 is 0. The van der Waals surface area contributed by atoms with Gasteiger partial charge in [-0.25, -0.2) is 0 Å². The predicted octanol–water partition coefficient (Wildman–Crippen LogP) is 2.84. The molecule has 156 valence electrons. The summed E-state index contributed by atoms with van der Waals surface area (Å²) in [4.78, 5) is 32.2. The second kappa shape index (κ2) is 8.10. The molecule has 1 aliphatic heterocycles. The average molecular weight is 407 g/mol. The molecule has 30 heavy (non-hydrogen) atoms. The highest BCUT2D eigenvalue weighted by atomic mass is 16.5.